The number of hydrogen-bond donors (Lipinski definition) is 2. The Bertz CT molecular complexity index is 703. The van der Waals surface area contributed by atoms with Gasteiger partial charge < -0.3 is 15.2 Å². The van der Waals surface area contributed by atoms with Crippen molar-refractivity contribution in [3.05, 3.63) is 29.3 Å². The zero-order valence-electron chi connectivity index (χ0n) is 17.1. The zero-order valence-corrected chi connectivity index (χ0v) is 17.9. The van der Waals surface area contributed by atoms with Gasteiger partial charge in [-0.1, -0.05) is 49.4 Å². The molecule has 1 amide bonds. The highest BCUT2D eigenvalue weighted by Gasteiger charge is 2.37. The molecule has 0 heterocycles. The molecule has 1 unspecified atom stereocenters. The maximum atomic E-state index is 12.7. The fourth-order valence-corrected chi connectivity index (χ4v) is 3.52. The Morgan fingerprint density at radius 1 is 1.18 bits per heavy atom. The highest BCUT2D eigenvalue weighted by molar-refractivity contribution is 7.90. The first-order valence-electron chi connectivity index (χ1n) is 9.53. The fraction of sp³-hybridized carbons (Fsp3) is 0.632. The zero-order chi connectivity index (χ0) is 21.2. The molecule has 0 aliphatic rings. The number of nitrogens with one attached hydrogen (secondary N) is 1. The Morgan fingerprint density at radius 2 is 1.79 bits per heavy atom. The summed E-state index contributed by atoms with van der Waals surface area (Å²) >= 11 is 0. The number of hydrogen-bond acceptors (Lipinski definition) is 6. The molecule has 1 atom stereocenters. The van der Waals surface area contributed by atoms with E-state index in [1.807, 2.05) is 19.9 Å². The first-order chi connectivity index (χ1) is 13.3. The number of anilines is 1. The molecule has 0 saturated carbocycles. The third-order valence-electron chi connectivity index (χ3n) is 4.14. The molecule has 9 heteroatoms. The Kier molecular flexibility index (Phi) is 10.6. The van der Waals surface area contributed by atoms with Crippen molar-refractivity contribution >= 4 is 21.6 Å². The minimum absolute atomic E-state index is 0.0176. The molecular formula is C19H32N2O6S. The Balaban J connectivity index is 2.85. The summed E-state index contributed by atoms with van der Waals surface area (Å²) in [7, 11) is -4.44. The minimum Gasteiger partial charge on any atom is -0.368 e. The molecule has 2 N–H and O–H groups in total. The van der Waals surface area contributed by atoms with Gasteiger partial charge in [-0.05, 0) is 37.8 Å². The van der Waals surface area contributed by atoms with E-state index in [9.17, 15) is 18.3 Å². The standard InChI is InChI=1S/C19H32N2O6S/c1-5-7-12-21(27-14-26-13-8-6-2)28(24,25)19(23)18(22)20-17-15(3)10-9-11-16(17)4/h9-11,19,23H,5-8,12-14H2,1-4H3,(H,20,22). The van der Waals surface area contributed by atoms with Gasteiger partial charge in [-0.3, -0.25) is 9.63 Å². The van der Waals surface area contributed by atoms with Gasteiger partial charge in [0.1, 0.15) is 0 Å². The largest absolute Gasteiger partial charge is 0.368 e. The third-order valence-corrected chi connectivity index (χ3v) is 5.77. The summed E-state index contributed by atoms with van der Waals surface area (Å²) in [4.78, 5) is 17.6. The van der Waals surface area contributed by atoms with Gasteiger partial charge in [-0.25, -0.2) is 8.42 Å². The van der Waals surface area contributed by atoms with Gasteiger partial charge in [-0.2, -0.15) is 0 Å². The molecule has 0 radical (unpaired) electrons. The van der Waals surface area contributed by atoms with Crippen LogP contribution in [-0.4, -0.2) is 49.3 Å². The molecule has 1 rings (SSSR count). The van der Waals surface area contributed by atoms with Gasteiger partial charge in [0.2, 0.25) is 0 Å². The summed E-state index contributed by atoms with van der Waals surface area (Å²) in [5.41, 5.74) is -0.285. The number of aliphatic hydroxyl groups is 1. The Morgan fingerprint density at radius 3 is 2.36 bits per heavy atom. The number of nitrogens with zero attached hydrogens (tertiary/aromatic N) is 1. The third kappa shape index (κ3) is 7.14. The molecule has 160 valence electrons. The molecule has 0 spiro atoms. The lowest BCUT2D eigenvalue weighted by Crippen LogP contribution is -2.45. The van der Waals surface area contributed by atoms with Crippen molar-refractivity contribution in [2.75, 3.05) is 25.3 Å². The Labute approximate surface area is 167 Å². The van der Waals surface area contributed by atoms with Crippen LogP contribution >= 0.6 is 0 Å². The highest BCUT2D eigenvalue weighted by atomic mass is 32.2. The molecule has 1 aromatic rings. The van der Waals surface area contributed by atoms with Gasteiger partial charge in [-0.15, -0.1) is 0 Å². The summed E-state index contributed by atoms with van der Waals surface area (Å²) in [5, 5.41) is 12.7. The minimum atomic E-state index is -4.44. The molecular weight excluding hydrogens is 384 g/mol. The number of hydroxylamine groups is 1. The normalized spacial score (nSPS) is 12.9. The van der Waals surface area contributed by atoms with Crippen LogP contribution in [0.3, 0.4) is 0 Å². The van der Waals surface area contributed by atoms with E-state index in [1.54, 1.807) is 26.0 Å². The van der Waals surface area contributed by atoms with Gasteiger partial charge in [0, 0.05) is 18.8 Å². The van der Waals surface area contributed by atoms with E-state index in [1.165, 1.54) is 0 Å². The van der Waals surface area contributed by atoms with Gasteiger partial charge >= 0.3 is 0 Å². The second-order valence-corrected chi connectivity index (χ2v) is 8.43. The number of carbonyl (C=O) groups is 1. The highest BCUT2D eigenvalue weighted by Crippen LogP contribution is 2.20. The van der Waals surface area contributed by atoms with Crippen molar-refractivity contribution in [2.24, 2.45) is 0 Å². The van der Waals surface area contributed by atoms with E-state index in [-0.39, 0.29) is 13.3 Å². The number of carbonyl (C=O) groups excluding carboxylic acids is 1. The predicted molar refractivity (Wildman–Crippen MR) is 108 cm³/mol. The van der Waals surface area contributed by atoms with E-state index in [0.29, 0.717) is 23.2 Å². The van der Waals surface area contributed by atoms with Crippen LogP contribution < -0.4 is 5.32 Å². The van der Waals surface area contributed by atoms with E-state index < -0.39 is 21.4 Å². The molecule has 8 nitrogen and oxygen atoms in total. The summed E-state index contributed by atoms with van der Waals surface area (Å²) in [6, 6.07) is 5.40. The van der Waals surface area contributed by atoms with Crippen LogP contribution in [0.5, 0.6) is 0 Å². The molecule has 0 aromatic heterocycles. The first kappa shape index (κ1) is 24.5. The van der Waals surface area contributed by atoms with Crippen molar-refractivity contribution in [3.8, 4) is 0 Å². The van der Waals surface area contributed by atoms with Crippen LogP contribution in [0.2, 0.25) is 0 Å². The SMILES string of the molecule is CCCCOCON(CCCC)S(=O)(=O)C(O)C(=O)Nc1c(C)cccc1C. The summed E-state index contributed by atoms with van der Waals surface area (Å²) in [6.45, 7) is 7.66. The van der Waals surface area contributed by atoms with Crippen molar-refractivity contribution in [1.29, 1.82) is 0 Å². The number of aryl methyl sites for hydroxylation is 2. The fourth-order valence-electron chi connectivity index (χ4n) is 2.40. The maximum absolute atomic E-state index is 12.7. The molecule has 0 aliphatic carbocycles. The van der Waals surface area contributed by atoms with E-state index in [4.69, 9.17) is 9.57 Å². The number of para-hydroxylation sites is 1. The molecule has 0 fully saturated rings. The van der Waals surface area contributed by atoms with Gasteiger partial charge in [0.15, 0.2) is 6.79 Å². The second kappa shape index (κ2) is 12.1. The van der Waals surface area contributed by atoms with Crippen LogP contribution in [0.1, 0.15) is 50.7 Å². The lowest BCUT2D eigenvalue weighted by atomic mass is 10.1. The number of benzene rings is 1. The van der Waals surface area contributed by atoms with Gasteiger partial charge in [0.05, 0.1) is 0 Å². The molecule has 0 bridgehead atoms. The number of amides is 1. The summed E-state index contributed by atoms with van der Waals surface area (Å²) in [5.74, 6) is -1.03. The second-order valence-electron chi connectivity index (χ2n) is 6.54. The lowest BCUT2D eigenvalue weighted by Gasteiger charge is -2.24. The van der Waals surface area contributed by atoms with Crippen molar-refractivity contribution in [2.45, 2.75) is 58.8 Å². The lowest BCUT2D eigenvalue weighted by molar-refractivity contribution is -0.175. The average molecular weight is 417 g/mol. The van der Waals surface area contributed by atoms with Crippen LogP contribution in [0.4, 0.5) is 5.69 Å². The molecule has 28 heavy (non-hydrogen) atoms. The first-order valence-corrected chi connectivity index (χ1v) is 11.0. The Hall–Kier alpha value is -1.52. The number of unbranched alkanes of at least 4 members (excludes halogenated alkanes) is 2. The molecule has 0 saturated heterocycles. The van der Waals surface area contributed by atoms with E-state index in [0.717, 1.165) is 30.4 Å². The topological polar surface area (TPSA) is 105 Å². The number of sulfonamides is 1. The summed E-state index contributed by atoms with van der Waals surface area (Å²) < 4.78 is 31.3. The smallest absolute Gasteiger partial charge is 0.272 e. The van der Waals surface area contributed by atoms with E-state index >= 15 is 0 Å². The van der Waals surface area contributed by atoms with Crippen LogP contribution in [0.15, 0.2) is 18.2 Å². The van der Waals surface area contributed by atoms with Crippen molar-refractivity contribution < 1.29 is 27.9 Å². The van der Waals surface area contributed by atoms with Crippen LogP contribution in [-0.2, 0) is 24.4 Å². The van der Waals surface area contributed by atoms with Gasteiger partial charge in [0.25, 0.3) is 21.4 Å². The van der Waals surface area contributed by atoms with Crippen LogP contribution in [0, 0.1) is 13.8 Å². The van der Waals surface area contributed by atoms with Crippen molar-refractivity contribution in [3.63, 3.8) is 0 Å². The number of rotatable bonds is 13. The predicted octanol–water partition coefficient (Wildman–Crippen LogP) is 2.70. The number of aliphatic hydroxyl groups excluding tert-OH is 1. The maximum Gasteiger partial charge on any atom is 0.272 e. The average Bonchev–Trinajstić information content (AvgIpc) is 2.66. The van der Waals surface area contributed by atoms with E-state index in [2.05, 4.69) is 5.32 Å². The quantitative estimate of drug-likeness (QED) is 0.291. The number of ether oxygens (including phenoxy) is 1. The monoisotopic (exact) mass is 416 g/mol. The summed E-state index contributed by atoms with van der Waals surface area (Å²) in [6.07, 6.45) is 3.00. The molecule has 1 aromatic carbocycles. The van der Waals surface area contributed by atoms with Crippen LogP contribution in [0.25, 0.3) is 0 Å². The molecule has 0 aliphatic heterocycles. The van der Waals surface area contributed by atoms with Crippen molar-refractivity contribution in [1.82, 2.24) is 4.47 Å².